The van der Waals surface area contributed by atoms with Crippen LogP contribution in [0.3, 0.4) is 0 Å². The first-order valence-electron chi connectivity index (χ1n) is 5.91. The van der Waals surface area contributed by atoms with E-state index in [1.807, 2.05) is 0 Å². The zero-order chi connectivity index (χ0) is 12.5. The predicted octanol–water partition coefficient (Wildman–Crippen LogP) is 3.80. The molecule has 0 amide bonds. The molecule has 0 spiro atoms. The van der Waals surface area contributed by atoms with E-state index >= 15 is 0 Å². The molecule has 92 valence electrons. The van der Waals surface area contributed by atoms with Crippen LogP contribution in [0.4, 0.5) is 0 Å². The maximum Gasteiger partial charge on any atom is 0.148 e. The Morgan fingerprint density at radius 2 is 2.47 bits per heavy atom. The smallest absolute Gasteiger partial charge is 0.148 e. The number of hydrogen-bond donors (Lipinski definition) is 1. The van der Waals surface area contributed by atoms with Crippen LogP contribution in [0, 0.1) is 22.7 Å². The van der Waals surface area contributed by atoms with E-state index in [4.69, 9.17) is 4.42 Å². The van der Waals surface area contributed by atoms with Crippen LogP contribution in [0.15, 0.2) is 21.2 Å². The first-order chi connectivity index (χ1) is 8.09. The molecule has 1 aromatic rings. The van der Waals surface area contributed by atoms with Crippen molar-refractivity contribution in [3.63, 3.8) is 0 Å². The monoisotopic (exact) mass is 297 g/mol. The van der Waals surface area contributed by atoms with Gasteiger partial charge in [0.1, 0.15) is 11.9 Å². The Labute approximate surface area is 110 Å². The quantitative estimate of drug-likeness (QED) is 0.903. The topological polar surface area (TPSA) is 57.2 Å². The molecule has 0 bridgehead atoms. The van der Waals surface area contributed by atoms with Crippen LogP contribution >= 0.6 is 15.9 Å². The first-order valence-corrected chi connectivity index (χ1v) is 6.70. The Kier molecular flexibility index (Phi) is 3.60. The Bertz CT molecular complexity index is 437. The molecule has 3 unspecified atom stereocenters. The molecule has 0 aromatic carbocycles. The van der Waals surface area contributed by atoms with E-state index in [9.17, 15) is 10.4 Å². The van der Waals surface area contributed by atoms with Gasteiger partial charge in [0, 0.05) is 0 Å². The lowest BCUT2D eigenvalue weighted by molar-refractivity contribution is 0.00673. The van der Waals surface area contributed by atoms with Gasteiger partial charge in [0.15, 0.2) is 0 Å². The summed E-state index contributed by atoms with van der Waals surface area (Å²) < 4.78 is 6.03. The summed E-state index contributed by atoms with van der Waals surface area (Å²) in [6, 6.07) is 4.08. The van der Waals surface area contributed by atoms with Gasteiger partial charge in [0.25, 0.3) is 0 Å². The first kappa shape index (κ1) is 12.7. The lowest BCUT2D eigenvalue weighted by Gasteiger charge is -2.37. The number of hydrogen-bond acceptors (Lipinski definition) is 3. The largest absolute Gasteiger partial charge is 0.465 e. The summed E-state index contributed by atoms with van der Waals surface area (Å²) in [5.74, 6) is 0.951. The minimum Gasteiger partial charge on any atom is -0.465 e. The number of halogens is 1. The van der Waals surface area contributed by atoms with Gasteiger partial charge >= 0.3 is 0 Å². The Morgan fingerprint density at radius 3 is 3.00 bits per heavy atom. The van der Waals surface area contributed by atoms with E-state index < -0.39 is 11.5 Å². The lowest BCUT2D eigenvalue weighted by atomic mass is 9.67. The molecular weight excluding hydrogens is 282 g/mol. The van der Waals surface area contributed by atoms with E-state index in [2.05, 4.69) is 28.9 Å². The fourth-order valence-electron chi connectivity index (χ4n) is 2.75. The Morgan fingerprint density at radius 1 is 1.71 bits per heavy atom. The number of rotatable bonds is 2. The van der Waals surface area contributed by atoms with Gasteiger partial charge in [-0.1, -0.05) is 19.8 Å². The van der Waals surface area contributed by atoms with E-state index in [1.54, 1.807) is 6.07 Å². The van der Waals surface area contributed by atoms with Crippen molar-refractivity contribution >= 4 is 15.9 Å². The molecule has 4 heteroatoms. The van der Waals surface area contributed by atoms with Crippen LogP contribution < -0.4 is 0 Å². The number of aliphatic hydroxyl groups is 1. The van der Waals surface area contributed by atoms with Crippen molar-refractivity contribution in [3.8, 4) is 6.07 Å². The van der Waals surface area contributed by atoms with Crippen molar-refractivity contribution in [1.82, 2.24) is 0 Å². The summed E-state index contributed by atoms with van der Waals surface area (Å²) in [5.41, 5.74) is -0.696. The average molecular weight is 298 g/mol. The van der Waals surface area contributed by atoms with Gasteiger partial charge in [-0.15, -0.1) is 0 Å². The molecule has 1 aromatic heterocycles. The number of nitriles is 1. The normalized spacial score (nSPS) is 30.8. The molecule has 1 aliphatic carbocycles. The third-order valence-electron chi connectivity index (χ3n) is 3.67. The number of furan rings is 1. The van der Waals surface area contributed by atoms with Gasteiger partial charge in [0.2, 0.25) is 0 Å². The minimum absolute atomic E-state index is 0.473. The van der Waals surface area contributed by atoms with Crippen molar-refractivity contribution in [3.05, 3.63) is 22.6 Å². The molecule has 0 saturated heterocycles. The van der Waals surface area contributed by atoms with Gasteiger partial charge in [0.05, 0.1) is 22.2 Å². The molecule has 3 nitrogen and oxygen atoms in total. The molecule has 0 radical (unpaired) electrons. The van der Waals surface area contributed by atoms with Crippen LogP contribution in [0.25, 0.3) is 0 Å². The van der Waals surface area contributed by atoms with Crippen molar-refractivity contribution in [1.29, 1.82) is 5.26 Å². The van der Waals surface area contributed by atoms with Crippen LogP contribution in [-0.4, -0.2) is 5.11 Å². The van der Waals surface area contributed by atoms with Crippen molar-refractivity contribution in [2.45, 2.75) is 38.7 Å². The molecule has 1 aliphatic rings. The molecule has 17 heavy (non-hydrogen) atoms. The highest BCUT2D eigenvalue weighted by molar-refractivity contribution is 9.10. The third kappa shape index (κ3) is 2.27. The Balaban J connectivity index is 2.30. The number of aliphatic hydroxyl groups excluding tert-OH is 1. The second kappa shape index (κ2) is 4.83. The van der Waals surface area contributed by atoms with Crippen LogP contribution in [-0.2, 0) is 0 Å². The average Bonchev–Trinajstić information content (AvgIpc) is 2.74. The molecular formula is C13H16BrNO2. The van der Waals surface area contributed by atoms with Gasteiger partial charge < -0.3 is 9.52 Å². The van der Waals surface area contributed by atoms with E-state index in [1.165, 1.54) is 6.26 Å². The van der Waals surface area contributed by atoms with Crippen LogP contribution in [0.5, 0.6) is 0 Å². The van der Waals surface area contributed by atoms with E-state index in [0.29, 0.717) is 11.7 Å². The highest BCUT2D eigenvalue weighted by Crippen LogP contribution is 2.48. The van der Waals surface area contributed by atoms with Gasteiger partial charge in [-0.05, 0) is 40.8 Å². The molecule has 1 saturated carbocycles. The summed E-state index contributed by atoms with van der Waals surface area (Å²) in [6.07, 6.45) is 4.28. The molecule has 1 heterocycles. The fraction of sp³-hybridized carbons (Fsp3) is 0.615. The van der Waals surface area contributed by atoms with Gasteiger partial charge in [-0.25, -0.2) is 0 Å². The van der Waals surface area contributed by atoms with Crippen LogP contribution in [0.2, 0.25) is 0 Å². The summed E-state index contributed by atoms with van der Waals surface area (Å²) in [4.78, 5) is 0. The van der Waals surface area contributed by atoms with Crippen molar-refractivity contribution < 1.29 is 9.52 Å². The van der Waals surface area contributed by atoms with Crippen molar-refractivity contribution in [2.24, 2.45) is 11.3 Å². The molecule has 1 N–H and O–H groups in total. The molecule has 3 atom stereocenters. The molecule has 1 fully saturated rings. The summed E-state index contributed by atoms with van der Waals surface area (Å²) >= 11 is 3.34. The second-order valence-electron chi connectivity index (χ2n) is 5.00. The standard InChI is InChI=1S/C13H16BrNO2/c1-9-3-2-5-13(7-9,8-15)12(16)11-10(14)4-6-17-11/h4,6,9,12,16H,2-3,5,7H2,1H3. The van der Waals surface area contributed by atoms with E-state index in [-0.39, 0.29) is 0 Å². The molecule has 2 rings (SSSR count). The maximum absolute atomic E-state index is 10.4. The number of nitrogens with zero attached hydrogens (tertiary/aromatic N) is 1. The Hall–Kier alpha value is -0.790. The van der Waals surface area contributed by atoms with Gasteiger partial charge in [-0.3, -0.25) is 0 Å². The SMILES string of the molecule is CC1CCCC(C#N)(C(O)c2occc2Br)C1. The second-order valence-corrected chi connectivity index (χ2v) is 5.86. The maximum atomic E-state index is 10.4. The third-order valence-corrected chi connectivity index (χ3v) is 4.33. The summed E-state index contributed by atoms with van der Waals surface area (Å²) in [6.45, 7) is 2.13. The minimum atomic E-state index is -0.848. The molecule has 0 aliphatic heterocycles. The van der Waals surface area contributed by atoms with Gasteiger partial charge in [-0.2, -0.15) is 5.26 Å². The lowest BCUT2D eigenvalue weighted by Crippen LogP contribution is -2.32. The summed E-state index contributed by atoms with van der Waals surface area (Å²) in [7, 11) is 0. The zero-order valence-corrected chi connectivity index (χ0v) is 11.4. The van der Waals surface area contributed by atoms with Crippen molar-refractivity contribution in [2.75, 3.05) is 0 Å². The van der Waals surface area contributed by atoms with Crippen LogP contribution in [0.1, 0.15) is 44.5 Å². The zero-order valence-electron chi connectivity index (χ0n) is 9.82. The fourth-order valence-corrected chi connectivity index (χ4v) is 3.17. The summed E-state index contributed by atoms with van der Waals surface area (Å²) in [5, 5.41) is 19.9. The highest BCUT2D eigenvalue weighted by Gasteiger charge is 2.44. The highest BCUT2D eigenvalue weighted by atomic mass is 79.9. The predicted molar refractivity (Wildman–Crippen MR) is 67.0 cm³/mol. The van der Waals surface area contributed by atoms with E-state index in [0.717, 1.165) is 30.2 Å².